The van der Waals surface area contributed by atoms with Gasteiger partial charge in [0.1, 0.15) is 6.04 Å². The van der Waals surface area contributed by atoms with Gasteiger partial charge < -0.3 is 10.4 Å². The summed E-state index contributed by atoms with van der Waals surface area (Å²) in [5.74, 6) is -1.28. The number of carbonyl (C=O) groups excluding carboxylic acids is 1. The van der Waals surface area contributed by atoms with E-state index in [9.17, 15) is 9.59 Å². The number of thiophene rings is 2. The van der Waals surface area contributed by atoms with Gasteiger partial charge in [0.05, 0.1) is 4.88 Å². The lowest BCUT2D eigenvalue weighted by Crippen LogP contribution is -2.40. The molecule has 96 valence electrons. The van der Waals surface area contributed by atoms with Crippen molar-refractivity contribution in [1.82, 2.24) is 5.32 Å². The van der Waals surface area contributed by atoms with Crippen molar-refractivity contribution in [3.8, 4) is 0 Å². The Bertz CT molecular complexity index is 544. The van der Waals surface area contributed by atoms with Crippen molar-refractivity contribution in [2.24, 2.45) is 0 Å². The molecule has 0 aliphatic carbocycles. The van der Waals surface area contributed by atoms with E-state index in [1.807, 2.05) is 24.4 Å². The van der Waals surface area contributed by atoms with Gasteiger partial charge in [-0.2, -0.15) is 0 Å². The first-order valence-electron chi connectivity index (χ1n) is 5.62. The van der Waals surface area contributed by atoms with Crippen LogP contribution in [0.4, 0.5) is 0 Å². The lowest BCUT2D eigenvalue weighted by Gasteiger charge is -2.12. The van der Waals surface area contributed by atoms with Crippen LogP contribution in [0.1, 0.15) is 29.4 Å². The highest BCUT2D eigenvalue weighted by molar-refractivity contribution is 7.27. The molecular formula is C12H13NO3S2. The van der Waals surface area contributed by atoms with Crippen LogP contribution in [0.25, 0.3) is 9.40 Å². The summed E-state index contributed by atoms with van der Waals surface area (Å²) in [6.45, 7) is 1.89. The lowest BCUT2D eigenvalue weighted by molar-refractivity contribution is -0.139. The summed E-state index contributed by atoms with van der Waals surface area (Å²) in [6.07, 6.45) is 1.16. The van der Waals surface area contributed by atoms with Crippen LogP contribution in [-0.4, -0.2) is 23.0 Å². The second-order valence-corrected chi connectivity index (χ2v) is 5.94. The molecule has 2 N–H and O–H groups in total. The standard InChI is InChI=1S/C12H13NO3S2/c1-2-3-7(12(15)16)13-11(14)10-6-9-8(18-10)4-5-17-9/h4-7H,2-3H2,1H3,(H,13,14)(H,15,16). The normalized spacial score (nSPS) is 12.5. The van der Waals surface area contributed by atoms with Gasteiger partial charge in [0.25, 0.3) is 5.91 Å². The molecule has 2 aromatic rings. The molecule has 0 radical (unpaired) electrons. The molecule has 1 unspecified atom stereocenters. The summed E-state index contributed by atoms with van der Waals surface area (Å²) < 4.78 is 2.13. The Hall–Kier alpha value is -1.40. The predicted molar refractivity (Wildman–Crippen MR) is 73.5 cm³/mol. The van der Waals surface area contributed by atoms with Gasteiger partial charge in [-0.25, -0.2) is 4.79 Å². The zero-order chi connectivity index (χ0) is 13.1. The Kier molecular flexibility index (Phi) is 3.98. The first-order valence-corrected chi connectivity index (χ1v) is 7.32. The van der Waals surface area contributed by atoms with Gasteiger partial charge >= 0.3 is 5.97 Å². The highest BCUT2D eigenvalue weighted by atomic mass is 32.1. The number of carboxylic acids is 1. The molecule has 4 nitrogen and oxygen atoms in total. The Morgan fingerprint density at radius 1 is 1.44 bits per heavy atom. The molecule has 1 amide bonds. The van der Waals surface area contributed by atoms with Crippen molar-refractivity contribution in [2.45, 2.75) is 25.8 Å². The van der Waals surface area contributed by atoms with Gasteiger partial charge in [0.15, 0.2) is 0 Å². The maximum absolute atomic E-state index is 11.9. The molecule has 0 saturated heterocycles. The van der Waals surface area contributed by atoms with E-state index < -0.39 is 12.0 Å². The molecule has 2 rings (SSSR count). The van der Waals surface area contributed by atoms with E-state index in [0.717, 1.165) is 15.8 Å². The third-order valence-corrected chi connectivity index (χ3v) is 4.64. The summed E-state index contributed by atoms with van der Waals surface area (Å²) in [4.78, 5) is 23.5. The maximum atomic E-state index is 11.9. The van der Waals surface area contributed by atoms with E-state index in [4.69, 9.17) is 5.11 Å². The van der Waals surface area contributed by atoms with E-state index in [1.54, 1.807) is 11.3 Å². The Labute approximate surface area is 112 Å². The highest BCUT2D eigenvalue weighted by Crippen LogP contribution is 2.29. The molecular weight excluding hydrogens is 270 g/mol. The minimum Gasteiger partial charge on any atom is -0.480 e. The minimum absolute atomic E-state index is 0.302. The average Bonchev–Trinajstić information content (AvgIpc) is 2.87. The van der Waals surface area contributed by atoms with Gasteiger partial charge in [-0.15, -0.1) is 22.7 Å². The minimum atomic E-state index is -0.983. The van der Waals surface area contributed by atoms with Crippen LogP contribution < -0.4 is 5.32 Å². The number of rotatable bonds is 5. The number of aliphatic carboxylic acids is 1. The average molecular weight is 283 g/mol. The fourth-order valence-corrected chi connectivity index (χ4v) is 3.66. The number of carboxylic acid groups (broad SMARTS) is 1. The van der Waals surface area contributed by atoms with Gasteiger partial charge in [-0.05, 0) is 23.9 Å². The zero-order valence-electron chi connectivity index (χ0n) is 9.80. The second kappa shape index (κ2) is 5.49. The number of hydrogen-bond donors (Lipinski definition) is 2. The largest absolute Gasteiger partial charge is 0.480 e. The topological polar surface area (TPSA) is 66.4 Å². The van der Waals surface area contributed by atoms with Gasteiger partial charge in [0.2, 0.25) is 0 Å². The van der Waals surface area contributed by atoms with Crippen molar-refractivity contribution in [1.29, 1.82) is 0 Å². The number of carbonyl (C=O) groups is 2. The Morgan fingerprint density at radius 3 is 2.83 bits per heavy atom. The first-order chi connectivity index (χ1) is 8.61. The highest BCUT2D eigenvalue weighted by Gasteiger charge is 2.20. The van der Waals surface area contributed by atoms with Crippen molar-refractivity contribution in [3.63, 3.8) is 0 Å². The molecule has 0 fully saturated rings. The van der Waals surface area contributed by atoms with Crippen LogP contribution in [0.15, 0.2) is 17.5 Å². The SMILES string of the molecule is CCCC(NC(=O)c1cc2sccc2s1)C(=O)O. The summed E-state index contributed by atoms with van der Waals surface area (Å²) >= 11 is 2.96. The molecule has 18 heavy (non-hydrogen) atoms. The van der Waals surface area contributed by atoms with Crippen LogP contribution in [0.3, 0.4) is 0 Å². The number of amides is 1. The van der Waals surface area contributed by atoms with Crippen LogP contribution in [-0.2, 0) is 4.79 Å². The van der Waals surface area contributed by atoms with Crippen molar-refractivity contribution in [3.05, 3.63) is 22.4 Å². The summed E-state index contributed by atoms with van der Waals surface area (Å²) in [6, 6.07) is 2.97. The first kappa shape index (κ1) is 13.0. The molecule has 0 aliphatic rings. The van der Waals surface area contributed by atoms with Gasteiger partial charge in [-0.1, -0.05) is 13.3 Å². The van der Waals surface area contributed by atoms with Crippen molar-refractivity contribution < 1.29 is 14.7 Å². The summed E-state index contributed by atoms with van der Waals surface area (Å²) in [7, 11) is 0. The Morgan fingerprint density at radius 2 is 2.22 bits per heavy atom. The monoisotopic (exact) mass is 283 g/mol. The third kappa shape index (κ3) is 2.70. The molecule has 6 heteroatoms. The van der Waals surface area contributed by atoms with Crippen molar-refractivity contribution >= 4 is 43.9 Å². The van der Waals surface area contributed by atoms with E-state index >= 15 is 0 Å². The number of hydrogen-bond acceptors (Lipinski definition) is 4. The molecule has 2 heterocycles. The fraction of sp³-hybridized carbons (Fsp3) is 0.333. The third-order valence-electron chi connectivity index (χ3n) is 2.54. The van der Waals surface area contributed by atoms with Crippen LogP contribution in [0, 0.1) is 0 Å². The van der Waals surface area contributed by atoms with E-state index in [-0.39, 0.29) is 5.91 Å². The number of nitrogens with one attached hydrogen (secondary N) is 1. The molecule has 1 atom stereocenters. The van der Waals surface area contributed by atoms with E-state index in [0.29, 0.717) is 11.3 Å². The van der Waals surface area contributed by atoms with Gasteiger partial charge in [-0.3, -0.25) is 4.79 Å². The lowest BCUT2D eigenvalue weighted by atomic mass is 10.1. The van der Waals surface area contributed by atoms with Crippen LogP contribution in [0.2, 0.25) is 0 Å². The molecule has 0 bridgehead atoms. The zero-order valence-corrected chi connectivity index (χ0v) is 11.4. The summed E-state index contributed by atoms with van der Waals surface area (Å²) in [5, 5.41) is 13.5. The quantitative estimate of drug-likeness (QED) is 0.886. The Balaban J connectivity index is 2.11. The summed E-state index contributed by atoms with van der Waals surface area (Å²) in [5.41, 5.74) is 0. The molecule has 0 aromatic carbocycles. The molecule has 0 spiro atoms. The fourth-order valence-electron chi connectivity index (χ4n) is 1.65. The number of fused-ring (bicyclic) bond motifs is 1. The smallest absolute Gasteiger partial charge is 0.326 e. The van der Waals surface area contributed by atoms with Gasteiger partial charge in [0, 0.05) is 9.40 Å². The predicted octanol–water partition coefficient (Wildman–Crippen LogP) is 2.95. The molecule has 2 aromatic heterocycles. The van der Waals surface area contributed by atoms with Crippen molar-refractivity contribution in [2.75, 3.05) is 0 Å². The maximum Gasteiger partial charge on any atom is 0.326 e. The van der Waals surface area contributed by atoms with E-state index in [1.165, 1.54) is 11.3 Å². The molecule has 0 aliphatic heterocycles. The second-order valence-electron chi connectivity index (χ2n) is 3.91. The molecule has 0 saturated carbocycles. The van der Waals surface area contributed by atoms with Crippen LogP contribution in [0.5, 0.6) is 0 Å². The van der Waals surface area contributed by atoms with Crippen LogP contribution >= 0.6 is 22.7 Å². The van der Waals surface area contributed by atoms with E-state index in [2.05, 4.69) is 5.32 Å².